The SMILES string of the molecule is C#CCC(=O)N(CC(=O)O)CC(F)(F)F. The summed E-state index contributed by atoms with van der Waals surface area (Å²) in [5.41, 5.74) is 0. The Morgan fingerprint density at radius 1 is 1.40 bits per heavy atom. The number of terminal acetylenes is 1. The fraction of sp³-hybridized carbons (Fsp3) is 0.500. The van der Waals surface area contributed by atoms with E-state index in [1.54, 1.807) is 0 Å². The number of hydrogen-bond donors (Lipinski definition) is 1. The number of nitrogens with zero attached hydrogens (tertiary/aromatic N) is 1. The van der Waals surface area contributed by atoms with Crippen molar-refractivity contribution in [1.82, 2.24) is 4.90 Å². The number of alkyl halides is 3. The molecule has 0 saturated heterocycles. The maximum absolute atomic E-state index is 11.9. The Morgan fingerprint density at radius 3 is 2.27 bits per heavy atom. The van der Waals surface area contributed by atoms with Crippen molar-refractivity contribution in [3.8, 4) is 12.3 Å². The Labute approximate surface area is 83.7 Å². The van der Waals surface area contributed by atoms with E-state index in [-0.39, 0.29) is 4.90 Å². The average Bonchev–Trinajstić information content (AvgIpc) is 1.99. The monoisotopic (exact) mass is 223 g/mol. The molecule has 0 rings (SSSR count). The van der Waals surface area contributed by atoms with E-state index in [4.69, 9.17) is 11.5 Å². The first-order valence-corrected chi connectivity index (χ1v) is 3.76. The van der Waals surface area contributed by atoms with Crippen molar-refractivity contribution in [3.05, 3.63) is 0 Å². The lowest BCUT2D eigenvalue weighted by Gasteiger charge is -2.21. The minimum Gasteiger partial charge on any atom is -0.480 e. The molecule has 0 aromatic rings. The van der Waals surface area contributed by atoms with Gasteiger partial charge in [0.2, 0.25) is 5.91 Å². The van der Waals surface area contributed by atoms with E-state index in [0.717, 1.165) is 0 Å². The zero-order valence-electron chi connectivity index (χ0n) is 7.54. The number of halogens is 3. The summed E-state index contributed by atoms with van der Waals surface area (Å²) < 4.78 is 35.8. The molecule has 4 nitrogen and oxygen atoms in total. The quantitative estimate of drug-likeness (QED) is 0.705. The van der Waals surface area contributed by atoms with Crippen molar-refractivity contribution >= 4 is 11.9 Å². The molecule has 1 N–H and O–H groups in total. The van der Waals surface area contributed by atoms with Crippen LogP contribution in [-0.2, 0) is 9.59 Å². The Hall–Kier alpha value is -1.71. The van der Waals surface area contributed by atoms with E-state index in [1.165, 1.54) is 0 Å². The summed E-state index contributed by atoms with van der Waals surface area (Å²) in [6.45, 7) is -2.63. The van der Waals surface area contributed by atoms with Crippen LogP contribution in [0.5, 0.6) is 0 Å². The van der Waals surface area contributed by atoms with Gasteiger partial charge in [-0.25, -0.2) is 0 Å². The summed E-state index contributed by atoms with van der Waals surface area (Å²) in [5.74, 6) is -0.698. The Bertz CT molecular complexity index is 292. The molecule has 0 aliphatic carbocycles. The number of carbonyl (C=O) groups excluding carboxylic acids is 1. The van der Waals surface area contributed by atoms with Crippen LogP contribution in [-0.4, -0.2) is 41.1 Å². The van der Waals surface area contributed by atoms with Crippen LogP contribution in [0.3, 0.4) is 0 Å². The van der Waals surface area contributed by atoms with Crippen LogP contribution in [0.4, 0.5) is 13.2 Å². The number of hydrogen-bond acceptors (Lipinski definition) is 2. The molecule has 15 heavy (non-hydrogen) atoms. The molecule has 0 fully saturated rings. The Morgan fingerprint density at radius 2 is 1.93 bits per heavy atom. The molecule has 0 heterocycles. The maximum atomic E-state index is 11.9. The number of carbonyl (C=O) groups is 2. The van der Waals surface area contributed by atoms with Crippen LogP contribution < -0.4 is 0 Å². The van der Waals surface area contributed by atoms with Crippen LogP contribution in [0.15, 0.2) is 0 Å². The standard InChI is InChI=1S/C8H8F3NO3/c1-2-3-6(13)12(4-7(14)15)5-8(9,10)11/h1H,3-5H2,(H,14,15). The van der Waals surface area contributed by atoms with Crippen molar-refractivity contribution < 1.29 is 27.9 Å². The number of amides is 1. The van der Waals surface area contributed by atoms with E-state index in [1.807, 2.05) is 5.92 Å². The van der Waals surface area contributed by atoms with Gasteiger partial charge in [-0.15, -0.1) is 6.42 Å². The van der Waals surface area contributed by atoms with E-state index >= 15 is 0 Å². The number of aliphatic carboxylic acids is 1. The number of rotatable bonds is 4. The van der Waals surface area contributed by atoms with E-state index < -0.39 is 37.6 Å². The highest BCUT2D eigenvalue weighted by atomic mass is 19.4. The number of carboxylic acid groups (broad SMARTS) is 1. The van der Waals surface area contributed by atoms with Crippen molar-refractivity contribution in [2.75, 3.05) is 13.1 Å². The fourth-order valence-electron chi connectivity index (χ4n) is 0.811. The largest absolute Gasteiger partial charge is 0.480 e. The predicted molar refractivity (Wildman–Crippen MR) is 43.7 cm³/mol. The zero-order chi connectivity index (χ0) is 12.1. The van der Waals surface area contributed by atoms with Gasteiger partial charge in [-0.05, 0) is 0 Å². The molecule has 0 aromatic carbocycles. The predicted octanol–water partition coefficient (Wildman–Crippen LogP) is 0.485. The molecule has 0 unspecified atom stereocenters. The highest BCUT2D eigenvalue weighted by molar-refractivity contribution is 5.82. The van der Waals surface area contributed by atoms with Crippen LogP contribution in [0.25, 0.3) is 0 Å². The van der Waals surface area contributed by atoms with E-state index in [9.17, 15) is 22.8 Å². The Kier molecular flexibility index (Phi) is 4.64. The highest BCUT2D eigenvalue weighted by Crippen LogP contribution is 2.16. The van der Waals surface area contributed by atoms with Gasteiger partial charge in [-0.2, -0.15) is 13.2 Å². The van der Waals surface area contributed by atoms with Crippen LogP contribution in [0.1, 0.15) is 6.42 Å². The molecule has 0 aromatic heterocycles. The molecular formula is C8H8F3NO3. The lowest BCUT2D eigenvalue weighted by molar-refractivity contribution is -0.165. The molecule has 0 spiro atoms. The summed E-state index contributed by atoms with van der Waals surface area (Å²) in [4.78, 5) is 21.3. The molecule has 0 aliphatic heterocycles. The third kappa shape index (κ3) is 6.37. The first kappa shape index (κ1) is 13.3. The lowest BCUT2D eigenvalue weighted by atomic mass is 10.3. The Balaban J connectivity index is 4.52. The van der Waals surface area contributed by atoms with Gasteiger partial charge in [0.1, 0.15) is 13.1 Å². The second-order valence-corrected chi connectivity index (χ2v) is 2.64. The first-order valence-electron chi connectivity index (χ1n) is 3.76. The molecular weight excluding hydrogens is 215 g/mol. The molecule has 0 aliphatic rings. The molecule has 1 amide bonds. The normalized spacial score (nSPS) is 10.5. The minimum absolute atomic E-state index is 0.155. The van der Waals surface area contributed by atoms with Gasteiger partial charge in [0, 0.05) is 0 Å². The van der Waals surface area contributed by atoms with E-state index in [0.29, 0.717) is 0 Å². The van der Waals surface area contributed by atoms with Crippen LogP contribution in [0.2, 0.25) is 0 Å². The summed E-state index contributed by atoms with van der Waals surface area (Å²) in [7, 11) is 0. The molecule has 0 bridgehead atoms. The third-order valence-corrected chi connectivity index (χ3v) is 1.30. The zero-order valence-corrected chi connectivity index (χ0v) is 7.54. The molecule has 0 saturated carbocycles. The third-order valence-electron chi connectivity index (χ3n) is 1.30. The molecule has 0 radical (unpaired) electrons. The maximum Gasteiger partial charge on any atom is 0.406 e. The van der Waals surface area contributed by atoms with Crippen molar-refractivity contribution in [2.24, 2.45) is 0 Å². The average molecular weight is 223 g/mol. The van der Waals surface area contributed by atoms with Gasteiger partial charge in [0.25, 0.3) is 0 Å². The second kappa shape index (κ2) is 5.24. The lowest BCUT2D eigenvalue weighted by Crippen LogP contribution is -2.41. The highest BCUT2D eigenvalue weighted by Gasteiger charge is 2.33. The smallest absolute Gasteiger partial charge is 0.406 e. The van der Waals surface area contributed by atoms with Crippen LogP contribution in [0, 0.1) is 12.3 Å². The molecule has 7 heteroatoms. The molecule has 84 valence electrons. The second-order valence-electron chi connectivity index (χ2n) is 2.64. The molecule has 0 atom stereocenters. The van der Waals surface area contributed by atoms with Gasteiger partial charge in [-0.1, -0.05) is 5.92 Å². The van der Waals surface area contributed by atoms with Crippen molar-refractivity contribution in [3.63, 3.8) is 0 Å². The van der Waals surface area contributed by atoms with Gasteiger partial charge in [-0.3, -0.25) is 9.59 Å². The van der Waals surface area contributed by atoms with Gasteiger partial charge < -0.3 is 10.0 Å². The first-order chi connectivity index (χ1) is 6.76. The van der Waals surface area contributed by atoms with Gasteiger partial charge >= 0.3 is 12.1 Å². The topological polar surface area (TPSA) is 57.6 Å². The van der Waals surface area contributed by atoms with Gasteiger partial charge in [0.15, 0.2) is 0 Å². The number of carboxylic acids is 1. The van der Waals surface area contributed by atoms with Crippen LogP contribution >= 0.6 is 0 Å². The summed E-state index contributed by atoms with van der Waals surface area (Å²) in [6.07, 6.45) is -0.456. The van der Waals surface area contributed by atoms with Gasteiger partial charge in [0.05, 0.1) is 6.42 Å². The van der Waals surface area contributed by atoms with Crippen molar-refractivity contribution in [2.45, 2.75) is 12.6 Å². The van der Waals surface area contributed by atoms with Crippen molar-refractivity contribution in [1.29, 1.82) is 0 Å². The summed E-state index contributed by atoms with van der Waals surface area (Å²) >= 11 is 0. The summed E-state index contributed by atoms with van der Waals surface area (Å²) in [5, 5.41) is 8.28. The van der Waals surface area contributed by atoms with E-state index in [2.05, 4.69) is 0 Å². The minimum atomic E-state index is -4.64. The fourth-order valence-corrected chi connectivity index (χ4v) is 0.811. The summed E-state index contributed by atoms with van der Waals surface area (Å²) in [6, 6.07) is 0.